The van der Waals surface area contributed by atoms with E-state index in [9.17, 15) is 0 Å². The molecule has 0 unspecified atom stereocenters. The van der Waals surface area contributed by atoms with Gasteiger partial charge in [-0.15, -0.1) is 23.6 Å². The smallest absolute Gasteiger partial charge is 0.0621 e. The van der Waals surface area contributed by atoms with E-state index in [1.165, 1.54) is 11.8 Å². The van der Waals surface area contributed by atoms with Crippen LogP contribution in [0.5, 0.6) is 0 Å². The fraction of sp³-hybridized carbons (Fsp3) is 0.652. The van der Waals surface area contributed by atoms with Gasteiger partial charge in [-0.2, -0.15) is 12.1 Å². The average molecular weight is 453 g/mol. The van der Waals surface area contributed by atoms with Gasteiger partial charge in [-0.3, -0.25) is 0 Å². The first-order valence-electron chi connectivity index (χ1n) is 10.4. The van der Waals surface area contributed by atoms with Crippen LogP contribution in [0.4, 0.5) is 0 Å². The van der Waals surface area contributed by atoms with E-state index in [-0.39, 0.29) is 32.6 Å². The molecule has 0 fully saturated rings. The number of hydrogen-bond donors (Lipinski definition) is 0. The predicted molar refractivity (Wildman–Crippen MR) is 129 cm³/mol. The zero-order valence-electron chi connectivity index (χ0n) is 18.7. The summed E-state index contributed by atoms with van der Waals surface area (Å²) >= 11 is 0. The molecular formula is C23H42CoNP2+. The summed E-state index contributed by atoms with van der Waals surface area (Å²) in [7, 11) is -0.217. The van der Waals surface area contributed by atoms with Crippen LogP contribution < -0.4 is 0 Å². The molecule has 1 aromatic heterocycles. The van der Waals surface area contributed by atoms with E-state index >= 15 is 0 Å². The number of fused-ring (bicyclic) bond motifs is 1. The van der Waals surface area contributed by atoms with Crippen LogP contribution in [-0.2, 0) is 16.8 Å². The minimum Gasteiger partial charge on any atom is -0.334 e. The number of aromatic nitrogens is 1. The SMILES string of the molecule is CC(C)[PH+](CCC[PH+](C(C)C)C(C)C)C(C)C.[Co].c1cn[c-]2cccc2c1. The number of pyridine rings is 1. The summed E-state index contributed by atoms with van der Waals surface area (Å²) in [6.07, 6.45) is 6.42. The molecule has 4 heteroatoms. The molecule has 1 radical (unpaired) electrons. The second-order valence-corrected chi connectivity index (χ2v) is 16.5. The van der Waals surface area contributed by atoms with Gasteiger partial charge in [-0.05, 0) is 67.1 Å². The normalized spacial score (nSPS) is 11.6. The van der Waals surface area contributed by atoms with Gasteiger partial charge in [0.05, 0.1) is 35.0 Å². The topological polar surface area (TPSA) is 12.9 Å². The van der Waals surface area contributed by atoms with Crippen molar-refractivity contribution >= 4 is 26.7 Å². The van der Waals surface area contributed by atoms with E-state index in [1.54, 1.807) is 12.3 Å². The number of nitrogens with zero attached hydrogens (tertiary/aromatic N) is 1. The summed E-state index contributed by atoms with van der Waals surface area (Å²) in [5.41, 5.74) is 4.89. The van der Waals surface area contributed by atoms with Gasteiger partial charge >= 0.3 is 0 Å². The Bertz CT molecular complexity index is 541. The summed E-state index contributed by atoms with van der Waals surface area (Å²) in [6, 6.07) is 10.1. The fourth-order valence-electron chi connectivity index (χ4n) is 3.94. The third kappa shape index (κ3) is 9.93. The minimum absolute atomic E-state index is 0. The largest absolute Gasteiger partial charge is 0.334 e. The first-order valence-corrected chi connectivity index (χ1v) is 14.1. The maximum atomic E-state index is 4.14. The fourth-order valence-corrected chi connectivity index (χ4v) is 10.4. The molecule has 0 aliphatic heterocycles. The first kappa shape index (κ1) is 27.1. The van der Waals surface area contributed by atoms with Gasteiger partial charge < -0.3 is 4.98 Å². The van der Waals surface area contributed by atoms with Gasteiger partial charge in [0.15, 0.2) is 0 Å². The maximum absolute atomic E-state index is 4.14. The Hall–Kier alpha value is 0.126. The van der Waals surface area contributed by atoms with Gasteiger partial charge in [0.1, 0.15) is 0 Å². The molecule has 0 spiro atoms. The second kappa shape index (κ2) is 14.2. The van der Waals surface area contributed by atoms with Crippen molar-refractivity contribution in [1.82, 2.24) is 4.98 Å². The molecule has 0 aliphatic carbocycles. The molecule has 0 N–H and O–H groups in total. The molecule has 1 aromatic carbocycles. The molecule has 27 heavy (non-hydrogen) atoms. The van der Waals surface area contributed by atoms with Crippen LogP contribution in [0.15, 0.2) is 36.5 Å². The monoisotopic (exact) mass is 453 g/mol. The standard InChI is InChI=1S/C15H34P2.C8H6N.Co/c1-12(2)16(13(3)4)10-9-11-17(14(5)6)15(7)8;1-3-7-4-2-6-9-8(7)5-1;/h12-15H,9-11H2,1-8H3;1-6H;/q;-1;/p+2. The minimum atomic E-state index is -0.109. The van der Waals surface area contributed by atoms with Crippen LogP contribution in [-0.4, -0.2) is 39.9 Å². The molecule has 0 saturated carbocycles. The summed E-state index contributed by atoms with van der Waals surface area (Å²) in [4.78, 5) is 4.14. The Labute approximate surface area is 181 Å². The molecule has 1 heterocycles. The van der Waals surface area contributed by atoms with Crippen molar-refractivity contribution in [2.24, 2.45) is 0 Å². The van der Waals surface area contributed by atoms with Gasteiger partial charge in [0, 0.05) is 39.0 Å². The Morgan fingerprint density at radius 2 is 1.22 bits per heavy atom. The van der Waals surface area contributed by atoms with Crippen molar-refractivity contribution in [2.75, 3.05) is 12.3 Å². The van der Waals surface area contributed by atoms with Crippen molar-refractivity contribution in [3.05, 3.63) is 36.5 Å². The Morgan fingerprint density at radius 3 is 1.63 bits per heavy atom. The van der Waals surface area contributed by atoms with E-state index in [0.29, 0.717) is 0 Å². The van der Waals surface area contributed by atoms with E-state index in [2.05, 4.69) is 72.5 Å². The molecule has 2 aromatic rings. The Morgan fingerprint density at radius 1 is 0.778 bits per heavy atom. The summed E-state index contributed by atoms with van der Waals surface area (Å²) < 4.78 is 0. The molecule has 0 aliphatic rings. The number of rotatable bonds is 8. The molecule has 2 rings (SSSR count). The van der Waals surface area contributed by atoms with Gasteiger partial charge in [0.2, 0.25) is 0 Å². The third-order valence-electron chi connectivity index (χ3n) is 5.30. The van der Waals surface area contributed by atoms with Crippen LogP contribution in [0.3, 0.4) is 0 Å². The summed E-state index contributed by atoms with van der Waals surface area (Å²) in [5, 5.41) is 1.22. The van der Waals surface area contributed by atoms with Crippen LogP contribution in [0.1, 0.15) is 61.8 Å². The summed E-state index contributed by atoms with van der Waals surface area (Å²) in [6.45, 7) is 19.5. The van der Waals surface area contributed by atoms with Crippen molar-refractivity contribution in [3.8, 4) is 0 Å². The van der Waals surface area contributed by atoms with Crippen LogP contribution in [0, 0.1) is 0 Å². The van der Waals surface area contributed by atoms with Gasteiger partial charge in [-0.25, -0.2) is 0 Å². The van der Waals surface area contributed by atoms with E-state index in [4.69, 9.17) is 0 Å². The van der Waals surface area contributed by atoms with Crippen LogP contribution >= 0.6 is 15.8 Å². The van der Waals surface area contributed by atoms with E-state index < -0.39 is 0 Å². The van der Waals surface area contributed by atoms with Crippen molar-refractivity contribution in [1.29, 1.82) is 0 Å². The molecule has 0 saturated heterocycles. The van der Waals surface area contributed by atoms with E-state index in [0.717, 1.165) is 28.2 Å². The second-order valence-electron chi connectivity index (χ2n) is 8.63. The molecular weight excluding hydrogens is 411 g/mol. The molecule has 0 atom stereocenters. The average Bonchev–Trinajstić information content (AvgIpc) is 3.02. The zero-order valence-corrected chi connectivity index (χ0v) is 21.7. The van der Waals surface area contributed by atoms with Gasteiger partial charge in [0.25, 0.3) is 0 Å². The predicted octanol–water partition coefficient (Wildman–Crippen LogP) is 7.39. The van der Waals surface area contributed by atoms with E-state index in [1.807, 2.05) is 24.4 Å². The summed E-state index contributed by atoms with van der Waals surface area (Å²) in [5.74, 6) is 0. The Balaban J connectivity index is 0.000000560. The molecule has 0 bridgehead atoms. The first-order chi connectivity index (χ1) is 12.2. The van der Waals surface area contributed by atoms with Crippen molar-refractivity contribution in [2.45, 2.75) is 84.4 Å². The molecule has 0 amide bonds. The molecule has 1 nitrogen and oxygen atoms in total. The third-order valence-corrected chi connectivity index (χ3v) is 13.1. The van der Waals surface area contributed by atoms with Crippen molar-refractivity contribution < 1.29 is 16.8 Å². The van der Waals surface area contributed by atoms with Crippen LogP contribution in [0.25, 0.3) is 10.9 Å². The molecule has 157 valence electrons. The maximum Gasteiger partial charge on any atom is 0.0621 e. The van der Waals surface area contributed by atoms with Gasteiger partial charge in [-0.1, -0.05) is 0 Å². The van der Waals surface area contributed by atoms with Crippen LogP contribution in [0.2, 0.25) is 0 Å². The zero-order chi connectivity index (χ0) is 19.7. The Kier molecular flexibility index (Phi) is 14.2. The number of hydrogen-bond acceptors (Lipinski definition) is 1. The quantitative estimate of drug-likeness (QED) is 0.300. The van der Waals surface area contributed by atoms with Crippen molar-refractivity contribution in [3.63, 3.8) is 0 Å².